The summed E-state index contributed by atoms with van der Waals surface area (Å²) in [5.74, 6) is 0. The van der Waals surface area contributed by atoms with Gasteiger partial charge in [0.2, 0.25) is 0 Å². The Morgan fingerprint density at radius 3 is 2.29 bits per heavy atom. The molecule has 0 spiro atoms. The van der Waals surface area contributed by atoms with Gasteiger partial charge in [-0.2, -0.15) is 0 Å². The lowest BCUT2D eigenvalue weighted by Crippen LogP contribution is -2.64. The van der Waals surface area contributed by atoms with Crippen molar-refractivity contribution in [2.75, 3.05) is 13.1 Å². The Bertz CT molecular complexity index is 477. The topological polar surface area (TPSA) is 15.3 Å². The van der Waals surface area contributed by atoms with Crippen LogP contribution >= 0.6 is 0 Å². The summed E-state index contributed by atoms with van der Waals surface area (Å²) >= 11 is 0. The van der Waals surface area contributed by atoms with Gasteiger partial charge in [-0.1, -0.05) is 39.0 Å². The molecule has 2 nitrogen and oxygen atoms in total. The first-order valence-electron chi connectivity index (χ1n) is 8.14. The molecule has 0 aromatic heterocycles. The molecule has 1 aromatic rings. The molecule has 1 unspecified atom stereocenters. The van der Waals surface area contributed by atoms with Crippen LogP contribution in [0.25, 0.3) is 0 Å². The highest BCUT2D eigenvalue weighted by atomic mass is 15.3. The number of piperazine rings is 1. The molecule has 0 radical (unpaired) electrons. The molecule has 0 amide bonds. The predicted octanol–water partition coefficient (Wildman–Crippen LogP) is 3.90. The summed E-state index contributed by atoms with van der Waals surface area (Å²) in [6.07, 6.45) is 0. The number of hydrogen-bond acceptors (Lipinski definition) is 2. The second-order valence-electron chi connectivity index (χ2n) is 8.42. The van der Waals surface area contributed by atoms with Crippen LogP contribution in [0.5, 0.6) is 0 Å². The van der Waals surface area contributed by atoms with Crippen molar-refractivity contribution in [1.82, 2.24) is 10.2 Å². The van der Waals surface area contributed by atoms with Crippen LogP contribution in [-0.4, -0.2) is 29.6 Å². The fourth-order valence-electron chi connectivity index (χ4n) is 3.50. The van der Waals surface area contributed by atoms with Crippen molar-refractivity contribution in [1.29, 1.82) is 0 Å². The second-order valence-corrected chi connectivity index (χ2v) is 8.42. The molecule has 0 bridgehead atoms. The van der Waals surface area contributed by atoms with E-state index in [0.717, 1.165) is 19.6 Å². The summed E-state index contributed by atoms with van der Waals surface area (Å²) in [6, 6.07) is 7.21. The molecule has 1 aliphatic rings. The Balaban J connectivity index is 2.28. The molecule has 21 heavy (non-hydrogen) atoms. The van der Waals surface area contributed by atoms with Gasteiger partial charge >= 0.3 is 0 Å². The summed E-state index contributed by atoms with van der Waals surface area (Å²) in [4.78, 5) is 2.69. The van der Waals surface area contributed by atoms with Crippen LogP contribution in [0.4, 0.5) is 0 Å². The average molecular weight is 288 g/mol. The molecular weight excluding hydrogens is 256 g/mol. The largest absolute Gasteiger partial charge is 0.309 e. The van der Waals surface area contributed by atoms with Crippen LogP contribution in [0.2, 0.25) is 0 Å². The van der Waals surface area contributed by atoms with E-state index in [4.69, 9.17) is 0 Å². The molecule has 1 fully saturated rings. The van der Waals surface area contributed by atoms with Crippen LogP contribution in [0.15, 0.2) is 18.2 Å². The van der Waals surface area contributed by atoms with Gasteiger partial charge in [0, 0.05) is 31.2 Å². The van der Waals surface area contributed by atoms with E-state index in [0.29, 0.717) is 11.5 Å². The minimum Gasteiger partial charge on any atom is -0.309 e. The maximum Gasteiger partial charge on any atom is 0.0273 e. The third-order valence-electron chi connectivity index (χ3n) is 4.82. The SMILES string of the molecule is Cc1cccc(C)c1CN1CC(C)(C)NCC1C(C)(C)C. The van der Waals surface area contributed by atoms with Crippen LogP contribution in [-0.2, 0) is 6.54 Å². The summed E-state index contributed by atoms with van der Waals surface area (Å²) in [5, 5.41) is 3.72. The van der Waals surface area contributed by atoms with Crippen molar-refractivity contribution in [3.05, 3.63) is 34.9 Å². The Labute approximate surface area is 130 Å². The van der Waals surface area contributed by atoms with Crippen LogP contribution < -0.4 is 5.32 Å². The van der Waals surface area contributed by atoms with Crippen LogP contribution in [0.1, 0.15) is 51.3 Å². The number of nitrogens with one attached hydrogen (secondary N) is 1. The highest BCUT2D eigenvalue weighted by Crippen LogP contribution is 2.31. The fourth-order valence-corrected chi connectivity index (χ4v) is 3.50. The molecule has 0 saturated carbocycles. The molecule has 2 heteroatoms. The van der Waals surface area contributed by atoms with E-state index >= 15 is 0 Å². The molecule has 2 rings (SSSR count). The van der Waals surface area contributed by atoms with Gasteiger partial charge < -0.3 is 5.32 Å². The highest BCUT2D eigenvalue weighted by Gasteiger charge is 2.38. The zero-order valence-electron chi connectivity index (χ0n) is 14.9. The van der Waals surface area contributed by atoms with Gasteiger partial charge in [0.1, 0.15) is 0 Å². The predicted molar refractivity (Wildman–Crippen MR) is 91.7 cm³/mol. The van der Waals surface area contributed by atoms with E-state index in [1.54, 1.807) is 0 Å². The smallest absolute Gasteiger partial charge is 0.0273 e. The van der Waals surface area contributed by atoms with Crippen LogP contribution in [0.3, 0.4) is 0 Å². The summed E-state index contributed by atoms with van der Waals surface area (Å²) < 4.78 is 0. The van der Waals surface area contributed by atoms with Gasteiger partial charge in [0.15, 0.2) is 0 Å². The average Bonchev–Trinajstić information content (AvgIpc) is 2.31. The van der Waals surface area contributed by atoms with Gasteiger partial charge in [-0.25, -0.2) is 0 Å². The lowest BCUT2D eigenvalue weighted by Gasteiger charge is -2.49. The third kappa shape index (κ3) is 3.87. The minimum absolute atomic E-state index is 0.193. The van der Waals surface area contributed by atoms with Gasteiger partial charge in [0.25, 0.3) is 0 Å². The Morgan fingerprint density at radius 1 is 1.19 bits per heavy atom. The summed E-state index contributed by atoms with van der Waals surface area (Å²) in [6.45, 7) is 19.4. The molecule has 1 aromatic carbocycles. The maximum absolute atomic E-state index is 3.72. The third-order valence-corrected chi connectivity index (χ3v) is 4.82. The molecule has 1 aliphatic heterocycles. The highest BCUT2D eigenvalue weighted by molar-refractivity contribution is 5.33. The molecule has 1 N–H and O–H groups in total. The molecule has 0 aliphatic carbocycles. The van der Waals surface area contributed by atoms with Gasteiger partial charge in [-0.05, 0) is 49.8 Å². The van der Waals surface area contributed by atoms with Gasteiger partial charge in [-0.3, -0.25) is 4.90 Å². The molecule has 118 valence electrons. The quantitative estimate of drug-likeness (QED) is 0.888. The normalized spacial score (nSPS) is 23.3. The fraction of sp³-hybridized carbons (Fsp3) is 0.684. The van der Waals surface area contributed by atoms with Crippen molar-refractivity contribution in [3.63, 3.8) is 0 Å². The summed E-state index contributed by atoms with van der Waals surface area (Å²) in [5.41, 5.74) is 4.82. The van der Waals surface area contributed by atoms with Crippen LogP contribution in [0, 0.1) is 19.3 Å². The van der Waals surface area contributed by atoms with E-state index in [1.807, 2.05) is 0 Å². The van der Waals surface area contributed by atoms with Gasteiger partial charge in [0.05, 0.1) is 0 Å². The van der Waals surface area contributed by atoms with Crippen molar-refractivity contribution >= 4 is 0 Å². The maximum atomic E-state index is 3.72. The number of aryl methyl sites for hydroxylation is 2. The lowest BCUT2D eigenvalue weighted by atomic mass is 9.82. The van der Waals surface area contributed by atoms with Crippen molar-refractivity contribution in [2.24, 2.45) is 5.41 Å². The van der Waals surface area contributed by atoms with E-state index < -0.39 is 0 Å². The first-order chi connectivity index (χ1) is 9.60. The first kappa shape index (κ1) is 16.5. The Morgan fingerprint density at radius 2 is 1.76 bits per heavy atom. The molecule has 1 heterocycles. The Hall–Kier alpha value is -0.860. The lowest BCUT2D eigenvalue weighted by molar-refractivity contribution is 0.0269. The zero-order chi connectivity index (χ0) is 15.8. The molecule has 1 atom stereocenters. The van der Waals surface area contributed by atoms with E-state index in [9.17, 15) is 0 Å². The molecular formula is C19H32N2. The Kier molecular flexibility index (Phi) is 4.51. The van der Waals surface area contributed by atoms with Crippen molar-refractivity contribution in [2.45, 2.75) is 66.6 Å². The number of hydrogen-bond donors (Lipinski definition) is 1. The van der Waals surface area contributed by atoms with Crippen molar-refractivity contribution < 1.29 is 0 Å². The monoisotopic (exact) mass is 288 g/mol. The zero-order valence-corrected chi connectivity index (χ0v) is 14.9. The number of benzene rings is 1. The number of rotatable bonds is 2. The van der Waals surface area contributed by atoms with E-state index in [2.05, 4.69) is 76.9 Å². The number of nitrogens with zero attached hydrogens (tertiary/aromatic N) is 1. The van der Waals surface area contributed by atoms with Crippen molar-refractivity contribution in [3.8, 4) is 0 Å². The first-order valence-corrected chi connectivity index (χ1v) is 8.14. The van der Waals surface area contributed by atoms with E-state index in [1.165, 1.54) is 16.7 Å². The minimum atomic E-state index is 0.193. The van der Waals surface area contributed by atoms with Gasteiger partial charge in [-0.15, -0.1) is 0 Å². The summed E-state index contributed by atoms with van der Waals surface area (Å²) in [7, 11) is 0. The van der Waals surface area contributed by atoms with E-state index in [-0.39, 0.29) is 5.54 Å². The second kappa shape index (κ2) is 5.73. The standard InChI is InChI=1S/C19H32N2/c1-14-9-8-10-15(2)16(14)12-21-13-19(6,7)20-11-17(21)18(3,4)5/h8-10,17,20H,11-13H2,1-7H3. The molecule has 1 saturated heterocycles.